The van der Waals surface area contributed by atoms with Crippen LogP contribution < -0.4 is 10.5 Å². The van der Waals surface area contributed by atoms with Crippen LogP contribution in [0.4, 0.5) is 4.39 Å². The van der Waals surface area contributed by atoms with Gasteiger partial charge in [-0.25, -0.2) is 4.39 Å². The summed E-state index contributed by atoms with van der Waals surface area (Å²) in [6, 6.07) is 5.59. The molecular formula is C18H25FN4O2. The van der Waals surface area contributed by atoms with Gasteiger partial charge in [0.1, 0.15) is 17.6 Å². The van der Waals surface area contributed by atoms with Crippen molar-refractivity contribution in [1.29, 1.82) is 5.26 Å². The molecule has 0 bridgehead atoms. The Kier molecular flexibility index (Phi) is 7.16. The first-order valence-electron chi connectivity index (χ1n) is 8.60. The quantitative estimate of drug-likeness (QED) is 0.785. The maximum atomic E-state index is 13.5. The van der Waals surface area contributed by atoms with Gasteiger partial charge in [-0.3, -0.25) is 4.79 Å². The molecule has 0 aromatic heterocycles. The van der Waals surface area contributed by atoms with Crippen molar-refractivity contribution in [3.05, 3.63) is 29.6 Å². The van der Waals surface area contributed by atoms with E-state index in [2.05, 4.69) is 4.90 Å². The first kappa shape index (κ1) is 19.2. The lowest BCUT2D eigenvalue weighted by atomic mass is 10.2. The zero-order valence-corrected chi connectivity index (χ0v) is 14.6. The second kappa shape index (κ2) is 9.35. The second-order valence-corrected chi connectivity index (χ2v) is 6.26. The maximum absolute atomic E-state index is 13.5. The Hall–Kier alpha value is -2.17. The van der Waals surface area contributed by atoms with Crippen LogP contribution >= 0.6 is 0 Å². The molecule has 1 aliphatic rings. The van der Waals surface area contributed by atoms with Crippen LogP contribution in [0.5, 0.6) is 5.75 Å². The average molecular weight is 348 g/mol. The summed E-state index contributed by atoms with van der Waals surface area (Å²) in [5.41, 5.74) is 5.69. The van der Waals surface area contributed by atoms with Crippen LogP contribution in [0.2, 0.25) is 0 Å². The Morgan fingerprint density at radius 1 is 1.40 bits per heavy atom. The summed E-state index contributed by atoms with van der Waals surface area (Å²) >= 11 is 0. The van der Waals surface area contributed by atoms with Crippen molar-refractivity contribution in [1.82, 2.24) is 9.80 Å². The van der Waals surface area contributed by atoms with Gasteiger partial charge in [-0.15, -0.1) is 0 Å². The molecule has 1 aliphatic heterocycles. The third-order valence-electron chi connectivity index (χ3n) is 4.24. The summed E-state index contributed by atoms with van der Waals surface area (Å²) in [5.74, 6) is -0.125. The minimum atomic E-state index is -0.564. The zero-order chi connectivity index (χ0) is 18.2. The highest BCUT2D eigenvalue weighted by Gasteiger charge is 2.20. The third-order valence-corrected chi connectivity index (χ3v) is 4.24. The number of carbonyl (C=O) groups excluding carboxylic acids is 1. The predicted molar refractivity (Wildman–Crippen MR) is 92.5 cm³/mol. The first-order chi connectivity index (χ1) is 12.0. The highest BCUT2D eigenvalue weighted by molar-refractivity contribution is 5.81. The molecule has 136 valence electrons. The number of nitrogens with zero attached hydrogens (tertiary/aromatic N) is 3. The van der Waals surface area contributed by atoms with Crippen molar-refractivity contribution < 1.29 is 13.9 Å². The summed E-state index contributed by atoms with van der Waals surface area (Å²) in [7, 11) is 0. The molecule has 1 unspecified atom stereocenters. The van der Waals surface area contributed by atoms with E-state index in [1.807, 2.05) is 4.90 Å². The van der Waals surface area contributed by atoms with Crippen LogP contribution in [0.1, 0.15) is 25.3 Å². The molecule has 6 nitrogen and oxygen atoms in total. The van der Waals surface area contributed by atoms with Crippen molar-refractivity contribution in [2.75, 3.05) is 39.3 Å². The number of nitrogens with two attached hydrogens (primary N) is 1. The van der Waals surface area contributed by atoms with Gasteiger partial charge in [0.05, 0.1) is 18.2 Å². The first-order valence-corrected chi connectivity index (χ1v) is 8.60. The molecule has 1 atom stereocenters. The molecule has 2 rings (SSSR count). The average Bonchev–Trinajstić information content (AvgIpc) is 2.83. The van der Waals surface area contributed by atoms with E-state index in [9.17, 15) is 9.18 Å². The fourth-order valence-corrected chi connectivity index (χ4v) is 2.86. The largest absolute Gasteiger partial charge is 0.493 e. The molecule has 25 heavy (non-hydrogen) atoms. The third kappa shape index (κ3) is 5.69. The van der Waals surface area contributed by atoms with Crippen LogP contribution in [0.25, 0.3) is 0 Å². The summed E-state index contributed by atoms with van der Waals surface area (Å²) in [6.07, 6.45) is 1.74. The van der Waals surface area contributed by atoms with E-state index in [1.54, 1.807) is 19.1 Å². The molecule has 1 heterocycles. The van der Waals surface area contributed by atoms with Gasteiger partial charge in [-0.2, -0.15) is 5.26 Å². The smallest absolute Gasteiger partial charge is 0.239 e. The van der Waals surface area contributed by atoms with Crippen LogP contribution in [0, 0.1) is 17.1 Å². The van der Waals surface area contributed by atoms with Gasteiger partial charge in [-0.1, -0.05) is 0 Å². The molecular weight excluding hydrogens is 323 g/mol. The highest BCUT2D eigenvalue weighted by Crippen LogP contribution is 2.16. The van der Waals surface area contributed by atoms with E-state index in [-0.39, 0.29) is 11.5 Å². The summed E-state index contributed by atoms with van der Waals surface area (Å²) in [6.45, 7) is 6.26. The Labute approximate surface area is 147 Å². The zero-order valence-electron chi connectivity index (χ0n) is 14.6. The Morgan fingerprint density at radius 3 is 2.88 bits per heavy atom. The van der Waals surface area contributed by atoms with Gasteiger partial charge in [-0.05, 0) is 38.4 Å². The van der Waals surface area contributed by atoms with Crippen LogP contribution in [-0.2, 0) is 4.79 Å². The van der Waals surface area contributed by atoms with Crippen molar-refractivity contribution in [3.8, 4) is 11.8 Å². The lowest BCUT2D eigenvalue weighted by Gasteiger charge is -2.23. The van der Waals surface area contributed by atoms with Gasteiger partial charge in [0, 0.05) is 32.2 Å². The lowest BCUT2D eigenvalue weighted by Crippen LogP contribution is -2.43. The fraction of sp³-hybridized carbons (Fsp3) is 0.556. The number of carbonyl (C=O) groups is 1. The van der Waals surface area contributed by atoms with Gasteiger partial charge >= 0.3 is 0 Å². The SMILES string of the molecule is CC(N)C(=O)N1CCCN(CCCOc2ccc(C#N)c(F)c2)CC1. The number of ether oxygens (including phenoxy) is 1. The maximum Gasteiger partial charge on any atom is 0.239 e. The van der Waals surface area contributed by atoms with Crippen molar-refractivity contribution >= 4 is 5.91 Å². The standard InChI is InChI=1S/C18H25FN4O2/c1-14(21)18(24)23-8-2-6-22(9-10-23)7-3-11-25-16-5-4-15(13-20)17(19)12-16/h4-5,12,14H,2-3,6-11,21H2,1H3. The van der Waals surface area contributed by atoms with E-state index in [4.69, 9.17) is 15.7 Å². The number of hydrogen-bond acceptors (Lipinski definition) is 5. The molecule has 0 aliphatic carbocycles. The van der Waals surface area contributed by atoms with E-state index < -0.39 is 11.9 Å². The second-order valence-electron chi connectivity index (χ2n) is 6.26. The summed E-state index contributed by atoms with van der Waals surface area (Å²) in [5, 5.41) is 8.71. The van der Waals surface area contributed by atoms with Crippen molar-refractivity contribution in [3.63, 3.8) is 0 Å². The topological polar surface area (TPSA) is 82.6 Å². The van der Waals surface area contributed by atoms with Gasteiger partial charge < -0.3 is 20.3 Å². The number of hydrogen-bond donors (Lipinski definition) is 1. The molecule has 0 radical (unpaired) electrons. The van der Waals surface area contributed by atoms with Gasteiger partial charge in [0.15, 0.2) is 0 Å². The molecule has 1 saturated heterocycles. The number of amides is 1. The summed E-state index contributed by atoms with van der Waals surface area (Å²) in [4.78, 5) is 16.1. The fourth-order valence-electron chi connectivity index (χ4n) is 2.86. The highest BCUT2D eigenvalue weighted by atomic mass is 19.1. The minimum absolute atomic E-state index is 0.00743. The predicted octanol–water partition coefficient (Wildman–Crippen LogP) is 1.35. The Morgan fingerprint density at radius 2 is 2.20 bits per heavy atom. The molecule has 0 saturated carbocycles. The molecule has 0 spiro atoms. The Balaban J connectivity index is 1.71. The molecule has 1 aromatic rings. The van der Waals surface area contributed by atoms with E-state index in [0.717, 1.165) is 39.0 Å². The lowest BCUT2D eigenvalue weighted by molar-refractivity contribution is -0.132. The molecule has 1 amide bonds. The monoisotopic (exact) mass is 348 g/mol. The number of halogens is 1. The minimum Gasteiger partial charge on any atom is -0.493 e. The molecule has 1 fully saturated rings. The molecule has 1 aromatic carbocycles. The number of nitriles is 1. The van der Waals surface area contributed by atoms with E-state index in [0.29, 0.717) is 18.9 Å². The van der Waals surface area contributed by atoms with Gasteiger partial charge in [0.2, 0.25) is 5.91 Å². The van der Waals surface area contributed by atoms with Gasteiger partial charge in [0.25, 0.3) is 0 Å². The number of benzene rings is 1. The molecule has 2 N–H and O–H groups in total. The Bertz CT molecular complexity index is 630. The van der Waals surface area contributed by atoms with Crippen molar-refractivity contribution in [2.45, 2.75) is 25.8 Å². The van der Waals surface area contributed by atoms with Crippen LogP contribution in [-0.4, -0.2) is 61.1 Å². The van der Waals surface area contributed by atoms with E-state index >= 15 is 0 Å². The van der Waals surface area contributed by atoms with E-state index in [1.165, 1.54) is 12.1 Å². The van der Waals surface area contributed by atoms with Crippen LogP contribution in [0.15, 0.2) is 18.2 Å². The summed E-state index contributed by atoms with van der Waals surface area (Å²) < 4.78 is 19.0. The normalized spacial score (nSPS) is 16.8. The molecule has 7 heteroatoms. The van der Waals surface area contributed by atoms with Crippen LogP contribution in [0.3, 0.4) is 0 Å². The van der Waals surface area contributed by atoms with Crippen molar-refractivity contribution in [2.24, 2.45) is 5.73 Å². The number of rotatable bonds is 6.